The molecule has 11 heteroatoms. The lowest BCUT2D eigenvalue weighted by atomic mass is 10.0. The van der Waals surface area contributed by atoms with Crippen molar-refractivity contribution in [1.29, 1.82) is 0 Å². The number of hydrogen-bond donors (Lipinski definition) is 4. The molecule has 2 heterocycles. The van der Waals surface area contributed by atoms with Crippen molar-refractivity contribution in [1.82, 2.24) is 9.88 Å². The number of hydrogen-bond acceptors (Lipinski definition) is 7. The highest BCUT2D eigenvalue weighted by atomic mass is 16.4. The second-order valence-electron chi connectivity index (χ2n) is 8.35. The van der Waals surface area contributed by atoms with E-state index < -0.39 is 23.9 Å². The summed E-state index contributed by atoms with van der Waals surface area (Å²) in [5.74, 6) is -3.93. The number of fused-ring (bicyclic) bond motifs is 1. The van der Waals surface area contributed by atoms with Crippen LogP contribution in [0.5, 0.6) is 0 Å². The molecule has 4 rings (SSSR count). The van der Waals surface area contributed by atoms with Gasteiger partial charge in [0.2, 0.25) is 0 Å². The highest BCUT2D eigenvalue weighted by Gasteiger charge is 2.18. The number of pyridine rings is 1. The van der Waals surface area contributed by atoms with Gasteiger partial charge in [0.15, 0.2) is 0 Å². The van der Waals surface area contributed by atoms with Gasteiger partial charge in [-0.05, 0) is 29.8 Å². The van der Waals surface area contributed by atoms with Crippen LogP contribution in [0.25, 0.3) is 22.0 Å². The van der Waals surface area contributed by atoms with Crippen LogP contribution in [-0.4, -0.2) is 86.9 Å². The number of aromatic nitrogens is 1. The standard InChI is InChI=1S/C21H23N3.2C4H4O4/c1-2-23-12-14-24(15-13-23)21-16-19(17-8-4-3-5-9-17)18-10-6-7-11-20(18)22-21;2*5-3(6)1-2-4(7)8/h3-11,16H,2,12-15H2,1H3;2*1-2H,(H,5,6)(H,7,8)/b;2*2-1-. The molecule has 1 aliphatic heterocycles. The zero-order valence-electron chi connectivity index (χ0n) is 21.9. The first-order chi connectivity index (χ1) is 19.1. The number of carboxylic acid groups (broad SMARTS) is 4. The summed E-state index contributed by atoms with van der Waals surface area (Å²) in [6, 6.07) is 21.3. The predicted molar refractivity (Wildman–Crippen MR) is 150 cm³/mol. The maximum absolute atomic E-state index is 9.55. The van der Waals surface area contributed by atoms with E-state index in [4.69, 9.17) is 25.4 Å². The second-order valence-corrected chi connectivity index (χ2v) is 8.35. The molecule has 0 radical (unpaired) electrons. The molecule has 40 heavy (non-hydrogen) atoms. The summed E-state index contributed by atoms with van der Waals surface area (Å²) < 4.78 is 0. The Kier molecular flexibility index (Phi) is 12.5. The minimum absolute atomic E-state index is 0.558. The topological polar surface area (TPSA) is 169 Å². The van der Waals surface area contributed by atoms with Gasteiger partial charge in [-0.25, -0.2) is 24.2 Å². The van der Waals surface area contributed by atoms with Gasteiger partial charge in [0.25, 0.3) is 0 Å². The molecule has 4 N–H and O–H groups in total. The fourth-order valence-corrected chi connectivity index (χ4v) is 3.76. The number of para-hydroxylation sites is 1. The molecule has 0 amide bonds. The largest absolute Gasteiger partial charge is 0.478 e. The molecule has 1 fully saturated rings. The van der Waals surface area contributed by atoms with Crippen molar-refractivity contribution in [3.8, 4) is 11.1 Å². The van der Waals surface area contributed by atoms with E-state index in [-0.39, 0.29) is 0 Å². The Labute approximate surface area is 230 Å². The van der Waals surface area contributed by atoms with Gasteiger partial charge in [-0.1, -0.05) is 55.5 Å². The molecular formula is C29H31N3O8. The smallest absolute Gasteiger partial charge is 0.328 e. The van der Waals surface area contributed by atoms with E-state index in [0.29, 0.717) is 24.3 Å². The van der Waals surface area contributed by atoms with Crippen LogP contribution in [0.4, 0.5) is 5.82 Å². The Bertz CT molecular complexity index is 1300. The number of likely N-dealkylation sites (N-methyl/N-ethyl adjacent to an activating group) is 1. The number of anilines is 1. The van der Waals surface area contributed by atoms with Crippen LogP contribution in [0.15, 0.2) is 85.0 Å². The maximum Gasteiger partial charge on any atom is 0.328 e. The minimum atomic E-state index is -1.26. The Morgan fingerprint density at radius 2 is 1.20 bits per heavy atom. The monoisotopic (exact) mass is 549 g/mol. The number of piperazine rings is 1. The van der Waals surface area contributed by atoms with Crippen molar-refractivity contribution in [3.05, 3.63) is 85.0 Å². The van der Waals surface area contributed by atoms with Gasteiger partial charge in [-0.2, -0.15) is 0 Å². The highest BCUT2D eigenvalue weighted by molar-refractivity contribution is 5.96. The zero-order chi connectivity index (χ0) is 29.5. The Balaban J connectivity index is 0.000000290. The van der Waals surface area contributed by atoms with E-state index in [9.17, 15) is 19.2 Å². The second kappa shape index (κ2) is 16.0. The van der Waals surface area contributed by atoms with Gasteiger partial charge in [0.05, 0.1) is 5.52 Å². The van der Waals surface area contributed by atoms with E-state index in [0.717, 1.165) is 44.1 Å². The number of nitrogens with zero attached hydrogens (tertiary/aromatic N) is 3. The molecule has 0 saturated carbocycles. The van der Waals surface area contributed by atoms with E-state index in [1.165, 1.54) is 16.5 Å². The normalized spacial score (nSPS) is 13.3. The predicted octanol–water partition coefficient (Wildman–Crippen LogP) is 3.47. The molecule has 0 unspecified atom stereocenters. The van der Waals surface area contributed by atoms with Gasteiger partial charge < -0.3 is 30.2 Å². The minimum Gasteiger partial charge on any atom is -0.478 e. The third-order valence-corrected chi connectivity index (χ3v) is 5.67. The van der Waals surface area contributed by atoms with Gasteiger partial charge in [-0.15, -0.1) is 0 Å². The molecule has 1 saturated heterocycles. The Hall–Kier alpha value is -5.03. The van der Waals surface area contributed by atoms with Crippen LogP contribution in [-0.2, 0) is 19.2 Å². The van der Waals surface area contributed by atoms with Gasteiger partial charge >= 0.3 is 23.9 Å². The third-order valence-electron chi connectivity index (χ3n) is 5.67. The molecule has 0 bridgehead atoms. The first kappa shape index (κ1) is 31.2. The van der Waals surface area contributed by atoms with E-state index in [1.54, 1.807) is 0 Å². The van der Waals surface area contributed by atoms with Crippen LogP contribution >= 0.6 is 0 Å². The van der Waals surface area contributed by atoms with Crippen LogP contribution in [0.2, 0.25) is 0 Å². The molecule has 1 aliphatic rings. The number of aliphatic carboxylic acids is 4. The summed E-state index contributed by atoms with van der Waals surface area (Å²) in [6.45, 7) is 7.70. The van der Waals surface area contributed by atoms with E-state index in [2.05, 4.69) is 77.4 Å². The fourth-order valence-electron chi connectivity index (χ4n) is 3.76. The quantitative estimate of drug-likeness (QED) is 0.318. The summed E-state index contributed by atoms with van der Waals surface area (Å²) in [5.41, 5.74) is 3.60. The lowest BCUT2D eigenvalue weighted by Crippen LogP contribution is -2.46. The average molecular weight is 550 g/mol. The van der Waals surface area contributed by atoms with Crippen molar-refractivity contribution in [2.24, 2.45) is 0 Å². The number of carboxylic acids is 4. The summed E-state index contributed by atoms with van der Waals surface area (Å²) >= 11 is 0. The summed E-state index contributed by atoms with van der Waals surface area (Å²) in [5, 5.41) is 32.5. The van der Waals surface area contributed by atoms with Crippen molar-refractivity contribution < 1.29 is 39.6 Å². The molecule has 0 aliphatic carbocycles. The van der Waals surface area contributed by atoms with Gasteiger partial charge in [0.1, 0.15) is 5.82 Å². The van der Waals surface area contributed by atoms with Gasteiger partial charge in [0, 0.05) is 55.9 Å². The molecule has 11 nitrogen and oxygen atoms in total. The lowest BCUT2D eigenvalue weighted by molar-refractivity contribution is -0.134. The fraction of sp³-hybridized carbons (Fsp3) is 0.207. The Morgan fingerprint density at radius 3 is 1.68 bits per heavy atom. The molecule has 0 atom stereocenters. The van der Waals surface area contributed by atoms with Crippen LogP contribution in [0, 0.1) is 0 Å². The van der Waals surface area contributed by atoms with Crippen molar-refractivity contribution in [3.63, 3.8) is 0 Å². The summed E-state index contributed by atoms with van der Waals surface area (Å²) in [4.78, 5) is 48.1. The molecule has 1 aromatic heterocycles. The first-order valence-corrected chi connectivity index (χ1v) is 12.3. The molecule has 2 aromatic carbocycles. The summed E-state index contributed by atoms with van der Waals surface area (Å²) in [7, 11) is 0. The maximum atomic E-state index is 9.55. The van der Waals surface area contributed by atoms with E-state index in [1.807, 2.05) is 0 Å². The van der Waals surface area contributed by atoms with Gasteiger partial charge in [-0.3, -0.25) is 0 Å². The third kappa shape index (κ3) is 10.8. The zero-order valence-corrected chi connectivity index (χ0v) is 21.9. The number of carbonyl (C=O) groups is 4. The van der Waals surface area contributed by atoms with Crippen molar-refractivity contribution in [2.75, 3.05) is 37.6 Å². The SMILES string of the molecule is CCN1CCN(c2cc(-c3ccccc3)c3ccccc3n2)CC1.O=C(O)/C=C\C(=O)O.O=C(O)/C=C\C(=O)O. The van der Waals surface area contributed by atoms with Crippen LogP contribution in [0.3, 0.4) is 0 Å². The summed E-state index contributed by atoms with van der Waals surface area (Å²) in [6.07, 6.45) is 2.23. The molecule has 210 valence electrons. The van der Waals surface area contributed by atoms with E-state index >= 15 is 0 Å². The lowest BCUT2D eigenvalue weighted by Gasteiger charge is -2.35. The Morgan fingerprint density at radius 1 is 0.725 bits per heavy atom. The highest BCUT2D eigenvalue weighted by Crippen LogP contribution is 2.31. The molecule has 0 spiro atoms. The number of rotatable bonds is 7. The molecule has 3 aromatic rings. The molecular weight excluding hydrogens is 518 g/mol. The van der Waals surface area contributed by atoms with Crippen molar-refractivity contribution >= 4 is 40.6 Å². The average Bonchev–Trinajstić information content (AvgIpc) is 2.95. The van der Waals surface area contributed by atoms with Crippen molar-refractivity contribution in [2.45, 2.75) is 6.92 Å². The van der Waals surface area contributed by atoms with Crippen LogP contribution in [0.1, 0.15) is 6.92 Å². The number of benzene rings is 2. The first-order valence-electron chi connectivity index (χ1n) is 12.3. The van der Waals surface area contributed by atoms with Crippen LogP contribution < -0.4 is 4.90 Å².